The monoisotopic (exact) mass is 274 g/mol. The summed E-state index contributed by atoms with van der Waals surface area (Å²) in [4.78, 5) is 2.42. The molecular formula is C13H26N2O2S. The first kappa shape index (κ1) is 14.3. The van der Waals surface area contributed by atoms with E-state index in [2.05, 4.69) is 11.9 Å². The maximum absolute atomic E-state index is 11.6. The van der Waals surface area contributed by atoms with Gasteiger partial charge in [-0.1, -0.05) is 19.3 Å². The quantitative estimate of drug-likeness (QED) is 0.839. The molecule has 2 aliphatic rings. The van der Waals surface area contributed by atoms with Crippen molar-refractivity contribution in [2.24, 2.45) is 5.73 Å². The minimum absolute atomic E-state index is 0.0761. The fourth-order valence-electron chi connectivity index (χ4n) is 3.47. The molecule has 18 heavy (non-hydrogen) atoms. The topological polar surface area (TPSA) is 63.4 Å². The van der Waals surface area contributed by atoms with E-state index >= 15 is 0 Å². The van der Waals surface area contributed by atoms with Crippen LogP contribution in [0.25, 0.3) is 0 Å². The normalized spacial score (nSPS) is 28.4. The molecule has 4 nitrogen and oxygen atoms in total. The standard InChI is InChI=1S/C13H26N2O2S/c1-15(12-5-3-2-4-6-12)13(11-14)7-9-18(16,17)10-8-13/h12H,2-11,14H2,1H3. The molecule has 0 aromatic carbocycles. The van der Waals surface area contributed by atoms with Gasteiger partial charge in [-0.05, 0) is 32.7 Å². The summed E-state index contributed by atoms with van der Waals surface area (Å²) in [6, 6.07) is 0.600. The molecule has 0 amide bonds. The van der Waals surface area contributed by atoms with Gasteiger partial charge in [0.05, 0.1) is 11.5 Å². The van der Waals surface area contributed by atoms with Gasteiger partial charge in [0.25, 0.3) is 0 Å². The summed E-state index contributed by atoms with van der Waals surface area (Å²) in [6.07, 6.45) is 7.84. The molecule has 0 aromatic rings. The summed E-state index contributed by atoms with van der Waals surface area (Å²) in [5.74, 6) is 0.614. The summed E-state index contributed by atoms with van der Waals surface area (Å²) in [5.41, 5.74) is 5.92. The molecule has 1 aliphatic heterocycles. The number of hydrogen-bond acceptors (Lipinski definition) is 4. The zero-order valence-corrected chi connectivity index (χ0v) is 12.2. The van der Waals surface area contributed by atoms with Crippen LogP contribution in [0.1, 0.15) is 44.9 Å². The van der Waals surface area contributed by atoms with Crippen molar-refractivity contribution in [3.05, 3.63) is 0 Å². The van der Waals surface area contributed by atoms with Gasteiger partial charge in [0.15, 0.2) is 0 Å². The van der Waals surface area contributed by atoms with Gasteiger partial charge in [0.2, 0.25) is 0 Å². The van der Waals surface area contributed by atoms with E-state index in [1.54, 1.807) is 0 Å². The van der Waals surface area contributed by atoms with Crippen molar-refractivity contribution in [3.63, 3.8) is 0 Å². The van der Waals surface area contributed by atoms with E-state index in [0.29, 0.717) is 36.9 Å². The molecule has 0 aromatic heterocycles. The predicted molar refractivity (Wildman–Crippen MR) is 74.3 cm³/mol. The second-order valence-corrected chi connectivity index (χ2v) is 8.29. The minimum atomic E-state index is -2.81. The average Bonchev–Trinajstić information content (AvgIpc) is 2.40. The largest absolute Gasteiger partial charge is 0.329 e. The molecule has 2 fully saturated rings. The number of likely N-dealkylation sites (N-methyl/N-ethyl adjacent to an activating group) is 1. The molecule has 2 rings (SSSR count). The molecular weight excluding hydrogens is 248 g/mol. The molecule has 0 bridgehead atoms. The van der Waals surface area contributed by atoms with Crippen molar-refractivity contribution >= 4 is 9.84 Å². The molecule has 0 unspecified atom stereocenters. The van der Waals surface area contributed by atoms with Crippen molar-refractivity contribution < 1.29 is 8.42 Å². The van der Waals surface area contributed by atoms with Crippen LogP contribution < -0.4 is 5.73 Å². The lowest BCUT2D eigenvalue weighted by molar-refractivity contribution is 0.0492. The van der Waals surface area contributed by atoms with E-state index in [9.17, 15) is 8.42 Å². The Hall–Kier alpha value is -0.130. The van der Waals surface area contributed by atoms with Crippen LogP contribution in [0.3, 0.4) is 0 Å². The Labute approximate surface area is 111 Å². The number of rotatable bonds is 3. The van der Waals surface area contributed by atoms with E-state index in [-0.39, 0.29) is 5.54 Å². The lowest BCUT2D eigenvalue weighted by Crippen LogP contribution is -2.59. The van der Waals surface area contributed by atoms with Crippen molar-refractivity contribution in [2.75, 3.05) is 25.1 Å². The maximum atomic E-state index is 11.6. The molecule has 0 spiro atoms. The Morgan fingerprint density at radius 3 is 2.22 bits per heavy atom. The molecule has 5 heteroatoms. The van der Waals surface area contributed by atoms with E-state index in [0.717, 1.165) is 0 Å². The van der Waals surface area contributed by atoms with Crippen LogP contribution in [0.4, 0.5) is 0 Å². The van der Waals surface area contributed by atoms with Crippen LogP contribution in [-0.2, 0) is 9.84 Å². The SMILES string of the molecule is CN(C1CCCCC1)C1(CN)CCS(=O)(=O)CC1. The molecule has 0 atom stereocenters. The van der Waals surface area contributed by atoms with E-state index in [1.165, 1.54) is 32.1 Å². The zero-order chi connectivity index (χ0) is 13.2. The van der Waals surface area contributed by atoms with Crippen molar-refractivity contribution in [1.82, 2.24) is 4.90 Å². The van der Waals surface area contributed by atoms with Gasteiger partial charge in [0, 0.05) is 18.1 Å². The van der Waals surface area contributed by atoms with Gasteiger partial charge in [-0.15, -0.1) is 0 Å². The third-order valence-corrected chi connectivity index (χ3v) is 6.66. The Bertz CT molecular complexity index is 360. The number of nitrogens with zero attached hydrogens (tertiary/aromatic N) is 1. The summed E-state index contributed by atoms with van der Waals surface area (Å²) in [6.45, 7) is 0.579. The Balaban J connectivity index is 2.07. The van der Waals surface area contributed by atoms with Gasteiger partial charge in [-0.2, -0.15) is 0 Å². The smallest absolute Gasteiger partial charge is 0.150 e. The third-order valence-electron chi connectivity index (χ3n) is 5.01. The first-order chi connectivity index (χ1) is 8.49. The van der Waals surface area contributed by atoms with Crippen LogP contribution in [0.15, 0.2) is 0 Å². The molecule has 2 N–H and O–H groups in total. The highest BCUT2D eigenvalue weighted by Crippen LogP contribution is 2.33. The van der Waals surface area contributed by atoms with Crippen LogP contribution >= 0.6 is 0 Å². The van der Waals surface area contributed by atoms with Crippen molar-refractivity contribution in [1.29, 1.82) is 0 Å². The lowest BCUT2D eigenvalue weighted by Gasteiger charge is -2.48. The Morgan fingerprint density at radius 1 is 1.17 bits per heavy atom. The fourth-order valence-corrected chi connectivity index (χ4v) is 5.06. The zero-order valence-electron chi connectivity index (χ0n) is 11.4. The van der Waals surface area contributed by atoms with Gasteiger partial charge in [-0.3, -0.25) is 4.90 Å². The highest BCUT2D eigenvalue weighted by Gasteiger charge is 2.41. The first-order valence-electron chi connectivity index (χ1n) is 7.13. The van der Waals surface area contributed by atoms with Gasteiger partial charge < -0.3 is 5.73 Å². The van der Waals surface area contributed by atoms with Crippen LogP contribution in [-0.4, -0.2) is 50.0 Å². The van der Waals surface area contributed by atoms with Crippen molar-refractivity contribution in [2.45, 2.75) is 56.5 Å². The van der Waals surface area contributed by atoms with Crippen LogP contribution in [0.5, 0.6) is 0 Å². The minimum Gasteiger partial charge on any atom is -0.329 e. The summed E-state index contributed by atoms with van der Waals surface area (Å²) in [7, 11) is -0.657. The molecule has 1 heterocycles. The highest BCUT2D eigenvalue weighted by molar-refractivity contribution is 7.91. The summed E-state index contributed by atoms with van der Waals surface area (Å²) >= 11 is 0. The van der Waals surface area contributed by atoms with Gasteiger partial charge in [-0.25, -0.2) is 8.42 Å². The summed E-state index contributed by atoms with van der Waals surface area (Å²) < 4.78 is 23.2. The Morgan fingerprint density at radius 2 is 1.72 bits per heavy atom. The summed E-state index contributed by atoms with van der Waals surface area (Å²) in [5, 5.41) is 0. The van der Waals surface area contributed by atoms with E-state index in [1.807, 2.05) is 0 Å². The van der Waals surface area contributed by atoms with Crippen LogP contribution in [0, 0.1) is 0 Å². The molecule has 1 saturated carbocycles. The Kier molecular flexibility index (Phi) is 4.34. The average molecular weight is 274 g/mol. The third kappa shape index (κ3) is 2.89. The van der Waals surface area contributed by atoms with Gasteiger partial charge >= 0.3 is 0 Å². The molecule has 1 aliphatic carbocycles. The lowest BCUT2D eigenvalue weighted by atomic mass is 9.85. The molecule has 1 saturated heterocycles. The second kappa shape index (κ2) is 5.47. The predicted octanol–water partition coefficient (Wildman–Crippen LogP) is 1.16. The first-order valence-corrected chi connectivity index (χ1v) is 8.95. The second-order valence-electron chi connectivity index (χ2n) is 5.98. The fraction of sp³-hybridized carbons (Fsp3) is 1.00. The molecule has 0 radical (unpaired) electrons. The van der Waals surface area contributed by atoms with Gasteiger partial charge in [0.1, 0.15) is 9.84 Å². The van der Waals surface area contributed by atoms with E-state index in [4.69, 9.17) is 5.73 Å². The maximum Gasteiger partial charge on any atom is 0.150 e. The molecule has 106 valence electrons. The number of nitrogens with two attached hydrogens (primary N) is 1. The number of sulfone groups is 1. The van der Waals surface area contributed by atoms with Crippen molar-refractivity contribution in [3.8, 4) is 0 Å². The highest BCUT2D eigenvalue weighted by atomic mass is 32.2. The van der Waals surface area contributed by atoms with Crippen LogP contribution in [0.2, 0.25) is 0 Å². The van der Waals surface area contributed by atoms with E-state index < -0.39 is 9.84 Å². The number of hydrogen-bond donors (Lipinski definition) is 1.